The minimum Gasteiger partial charge on any atom is -0.496 e. The third-order valence-electron chi connectivity index (χ3n) is 5.76. The molecule has 0 atom stereocenters. The Morgan fingerprint density at radius 1 is 1.28 bits per heavy atom. The molecule has 0 spiro atoms. The van der Waals surface area contributed by atoms with E-state index >= 15 is 0 Å². The summed E-state index contributed by atoms with van der Waals surface area (Å²) in [5.41, 5.74) is 3.53. The second-order valence-electron chi connectivity index (χ2n) is 7.68. The van der Waals surface area contributed by atoms with Gasteiger partial charge in [0.25, 0.3) is 0 Å². The molecule has 29 heavy (non-hydrogen) atoms. The summed E-state index contributed by atoms with van der Waals surface area (Å²) in [4.78, 5) is 17.8. The molecule has 3 aromatic rings. The van der Waals surface area contributed by atoms with Crippen LogP contribution in [0.15, 0.2) is 35.3 Å². The van der Waals surface area contributed by atoms with Gasteiger partial charge in [0.15, 0.2) is 5.65 Å². The first-order valence-corrected chi connectivity index (χ1v) is 9.84. The minimum atomic E-state index is -0.296. The number of pyridine rings is 1. The van der Waals surface area contributed by atoms with E-state index in [2.05, 4.69) is 11.1 Å². The van der Waals surface area contributed by atoms with E-state index in [9.17, 15) is 15.2 Å². The number of fused-ring (bicyclic) bond motifs is 1. The highest BCUT2D eigenvalue weighted by molar-refractivity contribution is 5.73. The number of aliphatic hydroxyl groups is 1. The van der Waals surface area contributed by atoms with Crippen LogP contribution < -0.4 is 10.4 Å². The van der Waals surface area contributed by atoms with Crippen molar-refractivity contribution < 1.29 is 9.84 Å². The van der Waals surface area contributed by atoms with Crippen molar-refractivity contribution in [3.8, 4) is 11.8 Å². The number of aliphatic hydroxyl groups excluding tert-OH is 1. The van der Waals surface area contributed by atoms with Gasteiger partial charge in [-0.25, -0.2) is 9.78 Å². The number of aryl methyl sites for hydroxylation is 1. The van der Waals surface area contributed by atoms with Gasteiger partial charge in [0.05, 0.1) is 30.8 Å². The van der Waals surface area contributed by atoms with Crippen LogP contribution in [0.25, 0.3) is 11.2 Å². The van der Waals surface area contributed by atoms with Gasteiger partial charge in [0, 0.05) is 12.2 Å². The lowest BCUT2D eigenvalue weighted by Crippen LogP contribution is -2.31. The summed E-state index contributed by atoms with van der Waals surface area (Å²) >= 11 is 0. The van der Waals surface area contributed by atoms with Crippen LogP contribution in [0.4, 0.5) is 0 Å². The molecule has 1 saturated carbocycles. The summed E-state index contributed by atoms with van der Waals surface area (Å²) in [5.74, 6) is 0.803. The Balaban J connectivity index is 1.82. The van der Waals surface area contributed by atoms with Gasteiger partial charge in [-0.05, 0) is 55.9 Å². The number of aromatic nitrogens is 3. The van der Waals surface area contributed by atoms with E-state index in [4.69, 9.17) is 4.74 Å². The standard InChI is InChI=1S/C22H24N4O3/c1-14-9-15(3-8-20(14)29-2)13-25-19-10-16(11-23)12-24-21(19)26(22(25)28)17-4-6-18(27)7-5-17/h3,8-10,12,17-18,27H,4-7,13H2,1-2H3/t17-,18-. The molecule has 4 rings (SSSR count). The van der Waals surface area contributed by atoms with E-state index in [1.807, 2.05) is 25.1 Å². The van der Waals surface area contributed by atoms with Gasteiger partial charge in [-0.2, -0.15) is 5.26 Å². The number of ether oxygens (including phenoxy) is 1. The van der Waals surface area contributed by atoms with E-state index in [0.29, 0.717) is 36.1 Å². The van der Waals surface area contributed by atoms with E-state index in [0.717, 1.165) is 29.7 Å². The highest BCUT2D eigenvalue weighted by Gasteiger charge is 2.26. The molecule has 1 aliphatic carbocycles. The van der Waals surface area contributed by atoms with Crippen LogP contribution in [-0.2, 0) is 6.54 Å². The summed E-state index contributed by atoms with van der Waals surface area (Å²) in [6, 6.07) is 9.70. The van der Waals surface area contributed by atoms with Crippen molar-refractivity contribution in [2.24, 2.45) is 0 Å². The Labute approximate surface area is 168 Å². The van der Waals surface area contributed by atoms with E-state index in [-0.39, 0.29) is 17.8 Å². The normalized spacial score (nSPS) is 19.2. The maximum absolute atomic E-state index is 13.4. The molecule has 0 radical (unpaired) electrons. The van der Waals surface area contributed by atoms with Crippen molar-refractivity contribution in [3.05, 3.63) is 57.6 Å². The smallest absolute Gasteiger partial charge is 0.330 e. The molecule has 1 aliphatic rings. The topological polar surface area (TPSA) is 93.1 Å². The van der Waals surface area contributed by atoms with Crippen LogP contribution in [0, 0.1) is 18.3 Å². The molecule has 0 bridgehead atoms. The van der Waals surface area contributed by atoms with Crippen LogP contribution in [0.1, 0.15) is 48.4 Å². The molecule has 1 aromatic carbocycles. The number of imidazole rings is 1. The maximum atomic E-state index is 13.4. The van der Waals surface area contributed by atoms with Crippen LogP contribution in [0.3, 0.4) is 0 Å². The summed E-state index contributed by atoms with van der Waals surface area (Å²) < 4.78 is 8.77. The van der Waals surface area contributed by atoms with Gasteiger partial charge in [-0.15, -0.1) is 0 Å². The van der Waals surface area contributed by atoms with Crippen molar-refractivity contribution in [2.75, 3.05) is 7.11 Å². The molecule has 1 N–H and O–H groups in total. The first-order valence-electron chi connectivity index (χ1n) is 9.84. The van der Waals surface area contributed by atoms with Crippen LogP contribution in [0.2, 0.25) is 0 Å². The summed E-state index contributed by atoms with van der Waals surface area (Å²) in [5, 5.41) is 19.1. The number of nitrogens with zero attached hydrogens (tertiary/aromatic N) is 4. The lowest BCUT2D eigenvalue weighted by Gasteiger charge is -2.26. The number of methoxy groups -OCH3 is 1. The highest BCUT2D eigenvalue weighted by Crippen LogP contribution is 2.30. The molecular formula is C22H24N4O3. The van der Waals surface area contributed by atoms with Crippen molar-refractivity contribution in [2.45, 2.75) is 51.3 Å². The molecular weight excluding hydrogens is 368 g/mol. The number of benzene rings is 1. The molecule has 2 aromatic heterocycles. The molecule has 2 heterocycles. The minimum absolute atomic E-state index is 0.00712. The fourth-order valence-electron chi connectivity index (χ4n) is 4.23. The second kappa shape index (κ2) is 7.72. The monoisotopic (exact) mass is 392 g/mol. The fraction of sp³-hybridized carbons (Fsp3) is 0.409. The molecule has 150 valence electrons. The molecule has 0 saturated heterocycles. The van der Waals surface area contributed by atoms with Crippen LogP contribution in [0.5, 0.6) is 5.75 Å². The van der Waals surface area contributed by atoms with Crippen molar-refractivity contribution in [3.63, 3.8) is 0 Å². The van der Waals surface area contributed by atoms with Gasteiger partial charge in [0.1, 0.15) is 11.8 Å². The summed E-state index contributed by atoms with van der Waals surface area (Å²) in [6.45, 7) is 2.36. The Hall–Kier alpha value is -3.11. The Bertz CT molecular complexity index is 1150. The third-order valence-corrected chi connectivity index (χ3v) is 5.76. The summed E-state index contributed by atoms with van der Waals surface area (Å²) in [7, 11) is 1.64. The molecule has 0 aliphatic heterocycles. The number of hydrogen-bond donors (Lipinski definition) is 1. The number of rotatable bonds is 4. The quantitative estimate of drug-likeness (QED) is 0.737. The zero-order chi connectivity index (χ0) is 20.5. The average Bonchev–Trinajstić information content (AvgIpc) is 3.00. The molecule has 0 amide bonds. The SMILES string of the molecule is COc1ccc(Cn2c(=O)n([C@H]3CC[C@H](O)CC3)c3ncc(C#N)cc32)cc1C. The molecule has 7 heteroatoms. The van der Waals surface area contributed by atoms with Crippen LogP contribution in [-0.4, -0.2) is 32.4 Å². The predicted octanol–water partition coefficient (Wildman–Crippen LogP) is 2.91. The first-order chi connectivity index (χ1) is 14.0. The zero-order valence-corrected chi connectivity index (χ0v) is 16.6. The van der Waals surface area contributed by atoms with Crippen molar-refractivity contribution in [1.82, 2.24) is 14.1 Å². The average molecular weight is 392 g/mol. The Morgan fingerprint density at radius 2 is 2.03 bits per heavy atom. The Morgan fingerprint density at radius 3 is 2.69 bits per heavy atom. The zero-order valence-electron chi connectivity index (χ0n) is 16.6. The largest absolute Gasteiger partial charge is 0.496 e. The van der Waals surface area contributed by atoms with Crippen molar-refractivity contribution >= 4 is 11.2 Å². The van der Waals surface area contributed by atoms with Gasteiger partial charge >= 0.3 is 5.69 Å². The van der Waals surface area contributed by atoms with Crippen molar-refractivity contribution in [1.29, 1.82) is 5.26 Å². The van der Waals surface area contributed by atoms with E-state index < -0.39 is 0 Å². The van der Waals surface area contributed by atoms with E-state index in [1.165, 1.54) is 6.20 Å². The molecule has 1 fully saturated rings. The fourth-order valence-corrected chi connectivity index (χ4v) is 4.23. The summed E-state index contributed by atoms with van der Waals surface area (Å²) in [6.07, 6.45) is 4.05. The number of nitriles is 1. The predicted molar refractivity (Wildman–Crippen MR) is 109 cm³/mol. The highest BCUT2D eigenvalue weighted by atomic mass is 16.5. The first kappa shape index (κ1) is 19.2. The molecule has 7 nitrogen and oxygen atoms in total. The number of hydrogen-bond acceptors (Lipinski definition) is 5. The third kappa shape index (κ3) is 3.52. The lowest BCUT2D eigenvalue weighted by atomic mass is 9.93. The van der Waals surface area contributed by atoms with E-state index in [1.54, 1.807) is 22.3 Å². The van der Waals surface area contributed by atoms with Crippen LogP contribution >= 0.6 is 0 Å². The van der Waals surface area contributed by atoms with Gasteiger partial charge < -0.3 is 9.84 Å². The maximum Gasteiger partial charge on any atom is 0.330 e. The lowest BCUT2D eigenvalue weighted by molar-refractivity contribution is 0.110. The van der Waals surface area contributed by atoms with Gasteiger partial charge in [0.2, 0.25) is 0 Å². The molecule has 0 unspecified atom stereocenters. The van der Waals surface area contributed by atoms with Gasteiger partial charge in [-0.3, -0.25) is 9.13 Å². The van der Waals surface area contributed by atoms with Gasteiger partial charge in [-0.1, -0.05) is 12.1 Å². The second-order valence-corrected chi connectivity index (χ2v) is 7.68. The Kier molecular flexibility index (Phi) is 5.12.